The Labute approximate surface area is 197 Å². The maximum Gasteiger partial charge on any atom is 0.285 e. The molecule has 0 fully saturated rings. The third-order valence-electron chi connectivity index (χ3n) is 5.59. The third-order valence-corrected chi connectivity index (χ3v) is 7.00. The largest absolute Gasteiger partial charge is 0.389 e. The van der Waals surface area contributed by atoms with Crippen molar-refractivity contribution < 1.29 is 8.39 Å². The Hall–Kier alpha value is -2.16. The summed E-state index contributed by atoms with van der Waals surface area (Å²) in [5, 5.41) is 5.25. The molecule has 0 saturated heterocycles. The van der Waals surface area contributed by atoms with Gasteiger partial charge in [-0.05, 0) is 71.4 Å². The van der Waals surface area contributed by atoms with E-state index < -0.39 is 11.3 Å². The van der Waals surface area contributed by atoms with Crippen LogP contribution in [0.3, 0.4) is 0 Å². The molecular formula is C25H29N3O2S2. The molecule has 168 valence electrons. The van der Waals surface area contributed by atoms with Gasteiger partial charge in [0.05, 0.1) is 0 Å². The van der Waals surface area contributed by atoms with Crippen LogP contribution < -0.4 is 9.32 Å². The van der Waals surface area contributed by atoms with Crippen LogP contribution in [0.25, 0.3) is 0 Å². The van der Waals surface area contributed by atoms with E-state index in [4.69, 9.17) is 9.32 Å². The fourth-order valence-electron chi connectivity index (χ4n) is 3.92. The van der Waals surface area contributed by atoms with Crippen molar-refractivity contribution in [3.63, 3.8) is 0 Å². The molecule has 1 aliphatic heterocycles. The molecule has 0 aromatic heterocycles. The van der Waals surface area contributed by atoms with Crippen molar-refractivity contribution in [3.05, 3.63) is 95.1 Å². The number of hydrogen-bond donors (Lipinski definition) is 1. The number of rotatable bonds is 9. The summed E-state index contributed by atoms with van der Waals surface area (Å²) >= 11 is -0.0212. The van der Waals surface area contributed by atoms with E-state index in [1.54, 1.807) is 11.9 Å². The molecule has 3 aromatic carbocycles. The van der Waals surface area contributed by atoms with Gasteiger partial charge in [-0.2, -0.15) is 4.21 Å². The van der Waals surface area contributed by atoms with Gasteiger partial charge in [-0.1, -0.05) is 55.5 Å². The number of benzene rings is 3. The summed E-state index contributed by atoms with van der Waals surface area (Å²) in [5.74, 6) is 0.553. The highest BCUT2D eigenvalue weighted by Crippen LogP contribution is 2.31. The maximum atomic E-state index is 11.1. The van der Waals surface area contributed by atoms with Gasteiger partial charge in [-0.3, -0.25) is 4.90 Å². The monoisotopic (exact) mass is 467 g/mol. The summed E-state index contributed by atoms with van der Waals surface area (Å²) < 4.78 is 18.6. The van der Waals surface area contributed by atoms with E-state index in [1.165, 1.54) is 27.1 Å². The molecule has 5 nitrogen and oxygen atoms in total. The summed E-state index contributed by atoms with van der Waals surface area (Å²) in [6.45, 7) is 6.94. The van der Waals surface area contributed by atoms with Crippen LogP contribution in [0.15, 0.2) is 77.7 Å². The van der Waals surface area contributed by atoms with Crippen molar-refractivity contribution in [1.82, 2.24) is 9.21 Å². The van der Waals surface area contributed by atoms with Crippen LogP contribution in [-0.4, -0.2) is 26.5 Å². The number of hydrogen-bond acceptors (Lipinski definition) is 5. The van der Waals surface area contributed by atoms with Gasteiger partial charge in [0.2, 0.25) is 0 Å². The van der Waals surface area contributed by atoms with Gasteiger partial charge in [0, 0.05) is 31.1 Å². The molecule has 4 rings (SSSR count). The predicted molar refractivity (Wildman–Crippen MR) is 132 cm³/mol. The van der Waals surface area contributed by atoms with E-state index in [-0.39, 0.29) is 0 Å². The Morgan fingerprint density at radius 1 is 1.00 bits per heavy atom. The van der Waals surface area contributed by atoms with Gasteiger partial charge in [-0.15, -0.1) is 0 Å². The normalized spacial score (nSPS) is 14.8. The maximum absolute atomic E-state index is 11.1. The molecule has 0 amide bonds. The molecule has 1 heterocycles. The topological polar surface area (TPSA) is 58.8 Å². The lowest BCUT2D eigenvalue weighted by molar-refractivity contribution is 0.271. The molecule has 3 aromatic rings. The average Bonchev–Trinajstić information content (AvgIpc) is 2.80. The molecule has 2 N–H and O–H groups in total. The van der Waals surface area contributed by atoms with Crippen LogP contribution in [0.1, 0.15) is 29.2 Å². The van der Waals surface area contributed by atoms with E-state index in [9.17, 15) is 4.21 Å². The predicted octanol–water partition coefficient (Wildman–Crippen LogP) is 4.69. The van der Waals surface area contributed by atoms with Crippen LogP contribution in [0.4, 0.5) is 0 Å². The average molecular weight is 468 g/mol. The summed E-state index contributed by atoms with van der Waals surface area (Å²) in [7, 11) is 0. The Bertz CT molecular complexity index is 1040. The smallest absolute Gasteiger partial charge is 0.285 e. The van der Waals surface area contributed by atoms with Gasteiger partial charge in [0.1, 0.15) is 5.75 Å². The van der Waals surface area contributed by atoms with E-state index in [1.807, 2.05) is 18.2 Å². The van der Waals surface area contributed by atoms with Gasteiger partial charge in [-0.25, -0.2) is 9.44 Å². The van der Waals surface area contributed by atoms with Gasteiger partial charge in [0.15, 0.2) is 0 Å². The van der Waals surface area contributed by atoms with Crippen molar-refractivity contribution in [1.29, 1.82) is 0 Å². The highest BCUT2D eigenvalue weighted by molar-refractivity contribution is 7.97. The minimum atomic E-state index is -1.80. The lowest BCUT2D eigenvalue weighted by Gasteiger charge is -2.28. The zero-order chi connectivity index (χ0) is 22.3. The van der Waals surface area contributed by atoms with Crippen LogP contribution in [0.2, 0.25) is 0 Å². The van der Waals surface area contributed by atoms with Crippen molar-refractivity contribution in [2.24, 2.45) is 5.14 Å². The Kier molecular flexibility index (Phi) is 8.00. The molecule has 32 heavy (non-hydrogen) atoms. The molecule has 0 bridgehead atoms. The molecule has 0 saturated carbocycles. The molecule has 1 atom stereocenters. The van der Waals surface area contributed by atoms with Crippen LogP contribution in [-0.2, 0) is 37.3 Å². The van der Waals surface area contributed by atoms with E-state index in [0.717, 1.165) is 39.1 Å². The zero-order valence-corrected chi connectivity index (χ0v) is 19.9. The second-order valence-electron chi connectivity index (χ2n) is 7.91. The zero-order valence-electron chi connectivity index (χ0n) is 18.3. The van der Waals surface area contributed by atoms with Crippen LogP contribution in [0, 0.1) is 0 Å². The van der Waals surface area contributed by atoms with E-state index >= 15 is 0 Å². The van der Waals surface area contributed by atoms with E-state index in [2.05, 4.69) is 70.7 Å². The molecule has 1 unspecified atom stereocenters. The fourth-order valence-corrected chi connectivity index (χ4v) is 5.15. The van der Waals surface area contributed by atoms with Crippen molar-refractivity contribution in [2.45, 2.75) is 37.9 Å². The van der Waals surface area contributed by atoms with Crippen molar-refractivity contribution >= 4 is 23.2 Å². The first kappa shape index (κ1) is 23.0. The first-order valence-corrected chi connectivity index (χ1v) is 12.7. The lowest BCUT2D eigenvalue weighted by atomic mass is 10.0. The standard InChI is InChI=1S/C25H29N3O2S2/c1-2-27(17-20-6-4-3-5-7-20)18-21-8-12-25(13-9-21)31-28-15-14-22-10-11-24(30-32(26)29)16-23(22)19-28/h3-13,16H,2,14-15,17-19,26H2,1H3. The first-order valence-electron chi connectivity index (χ1n) is 10.8. The second kappa shape index (κ2) is 11.1. The Morgan fingerprint density at radius 3 is 2.41 bits per heavy atom. The van der Waals surface area contributed by atoms with Crippen LogP contribution >= 0.6 is 11.9 Å². The molecule has 0 aliphatic carbocycles. The quantitative estimate of drug-likeness (QED) is 0.463. The number of nitrogens with two attached hydrogens (primary N) is 1. The SMILES string of the molecule is CCN(Cc1ccccc1)Cc1ccc(SN2CCc3ccc(OS(N)=O)cc3C2)cc1. The highest BCUT2D eigenvalue weighted by Gasteiger charge is 2.18. The van der Waals surface area contributed by atoms with Gasteiger partial charge < -0.3 is 4.18 Å². The summed E-state index contributed by atoms with van der Waals surface area (Å²) in [6.07, 6.45) is 0.983. The molecule has 0 radical (unpaired) electrons. The Balaban J connectivity index is 1.34. The van der Waals surface area contributed by atoms with Crippen LogP contribution in [0.5, 0.6) is 5.75 Å². The fraction of sp³-hybridized carbons (Fsp3) is 0.280. The minimum Gasteiger partial charge on any atom is -0.389 e. The molecule has 1 aliphatic rings. The molecular weight excluding hydrogens is 438 g/mol. The van der Waals surface area contributed by atoms with Gasteiger partial charge >= 0.3 is 0 Å². The summed E-state index contributed by atoms with van der Waals surface area (Å²) in [4.78, 5) is 3.69. The lowest BCUT2D eigenvalue weighted by Crippen LogP contribution is -2.24. The van der Waals surface area contributed by atoms with Crippen molar-refractivity contribution in [2.75, 3.05) is 13.1 Å². The third kappa shape index (κ3) is 6.43. The van der Waals surface area contributed by atoms with Gasteiger partial charge in [0.25, 0.3) is 11.3 Å². The minimum absolute atomic E-state index is 0.553. The van der Waals surface area contributed by atoms with E-state index in [0.29, 0.717) is 5.75 Å². The molecule has 0 spiro atoms. The summed E-state index contributed by atoms with van der Waals surface area (Å²) in [5.41, 5.74) is 5.18. The highest BCUT2D eigenvalue weighted by atomic mass is 32.2. The molecule has 7 heteroatoms. The summed E-state index contributed by atoms with van der Waals surface area (Å²) in [6, 6.07) is 25.3. The number of fused-ring (bicyclic) bond motifs is 1. The van der Waals surface area contributed by atoms with Crippen molar-refractivity contribution in [3.8, 4) is 5.75 Å². The first-order chi connectivity index (χ1) is 15.6. The Morgan fingerprint density at radius 2 is 1.72 bits per heavy atom. The number of nitrogens with zero attached hydrogens (tertiary/aromatic N) is 2. The second-order valence-corrected chi connectivity index (χ2v) is 9.77.